The summed E-state index contributed by atoms with van der Waals surface area (Å²) in [5.41, 5.74) is 1.97. The van der Waals surface area contributed by atoms with Gasteiger partial charge in [-0.1, -0.05) is 39.8 Å². The van der Waals surface area contributed by atoms with Crippen LogP contribution in [0.3, 0.4) is 0 Å². The van der Waals surface area contributed by atoms with Crippen LogP contribution in [0.4, 0.5) is 0 Å². The van der Waals surface area contributed by atoms with Crippen molar-refractivity contribution in [3.05, 3.63) is 75.0 Å². The molecule has 0 saturated carbocycles. The molecule has 2 heterocycles. The van der Waals surface area contributed by atoms with Crippen LogP contribution in [0.15, 0.2) is 48.0 Å². The third-order valence-corrected chi connectivity index (χ3v) is 4.55. The molecule has 2 aromatic heterocycles. The summed E-state index contributed by atoms with van der Waals surface area (Å²) in [5.74, 6) is -0.208. The second-order valence-electron chi connectivity index (χ2n) is 5.02. The van der Waals surface area contributed by atoms with E-state index in [1.165, 1.54) is 0 Å². The molecule has 3 rings (SSSR count). The summed E-state index contributed by atoms with van der Waals surface area (Å²) in [6.45, 7) is 0.723. The van der Waals surface area contributed by atoms with E-state index in [4.69, 9.17) is 23.2 Å². The van der Waals surface area contributed by atoms with Crippen molar-refractivity contribution in [1.82, 2.24) is 19.5 Å². The van der Waals surface area contributed by atoms with Crippen molar-refractivity contribution in [3.63, 3.8) is 0 Å². The van der Waals surface area contributed by atoms with Crippen molar-refractivity contribution in [3.8, 4) is 0 Å². The molecule has 3 aromatic rings. The van der Waals surface area contributed by atoms with E-state index >= 15 is 0 Å². The summed E-state index contributed by atoms with van der Waals surface area (Å²) in [7, 11) is 0. The van der Waals surface area contributed by atoms with E-state index in [0.717, 1.165) is 22.8 Å². The van der Waals surface area contributed by atoms with Gasteiger partial charge in [-0.3, -0.25) is 9.78 Å². The molecular formula is C16H12Cl2N4OS. The quantitative estimate of drug-likeness (QED) is 0.670. The van der Waals surface area contributed by atoms with Gasteiger partial charge < -0.3 is 4.90 Å². The van der Waals surface area contributed by atoms with E-state index in [9.17, 15) is 4.79 Å². The third-order valence-electron chi connectivity index (χ3n) is 3.30. The molecule has 0 aliphatic rings. The van der Waals surface area contributed by atoms with Gasteiger partial charge in [-0.05, 0) is 41.4 Å². The van der Waals surface area contributed by atoms with Crippen molar-refractivity contribution in [1.29, 1.82) is 0 Å². The number of aromatic nitrogens is 3. The van der Waals surface area contributed by atoms with Gasteiger partial charge in [0, 0.05) is 18.1 Å². The van der Waals surface area contributed by atoms with Gasteiger partial charge in [0.05, 0.1) is 22.3 Å². The summed E-state index contributed by atoms with van der Waals surface area (Å²) in [5, 5.41) is 6.42. The summed E-state index contributed by atoms with van der Waals surface area (Å²) in [4.78, 5) is 18.6. The Balaban J connectivity index is 1.86. The minimum absolute atomic E-state index is 0.208. The zero-order valence-electron chi connectivity index (χ0n) is 12.4. The lowest BCUT2D eigenvalue weighted by Crippen LogP contribution is -2.30. The molecule has 5 nitrogen and oxygen atoms in total. The fourth-order valence-electron chi connectivity index (χ4n) is 2.16. The van der Waals surface area contributed by atoms with Gasteiger partial charge >= 0.3 is 0 Å². The number of pyridine rings is 1. The van der Waals surface area contributed by atoms with E-state index in [2.05, 4.69) is 14.6 Å². The fourth-order valence-corrected chi connectivity index (χ4v) is 2.92. The Labute approximate surface area is 153 Å². The Morgan fingerprint density at radius 3 is 2.67 bits per heavy atom. The molecule has 122 valence electrons. The van der Waals surface area contributed by atoms with Crippen LogP contribution < -0.4 is 0 Å². The molecule has 0 atom stereocenters. The molecule has 1 amide bonds. The summed E-state index contributed by atoms with van der Waals surface area (Å²) in [6.07, 6.45) is 1.70. The maximum atomic E-state index is 12.7. The topological polar surface area (TPSA) is 59.0 Å². The molecule has 0 unspecified atom stereocenters. The second kappa shape index (κ2) is 7.70. The van der Waals surface area contributed by atoms with Crippen LogP contribution in [0, 0.1) is 0 Å². The molecule has 0 saturated heterocycles. The average molecular weight is 379 g/mol. The first-order valence-electron chi connectivity index (χ1n) is 7.03. The van der Waals surface area contributed by atoms with Gasteiger partial charge in [-0.2, -0.15) is 0 Å². The fraction of sp³-hybridized carbons (Fsp3) is 0.125. The number of hydrogen-bond donors (Lipinski definition) is 0. The third kappa shape index (κ3) is 4.08. The summed E-state index contributed by atoms with van der Waals surface area (Å²) in [6, 6.07) is 10.9. The molecule has 0 N–H and O–H groups in total. The molecule has 0 aliphatic heterocycles. The highest BCUT2D eigenvalue weighted by atomic mass is 35.5. The molecule has 0 radical (unpaired) electrons. The SMILES string of the molecule is O=C(c1csnn1)N(Cc1ccc(Cl)c(Cl)c1)Cc1ccccn1. The lowest BCUT2D eigenvalue weighted by atomic mass is 10.2. The number of amides is 1. The largest absolute Gasteiger partial charge is 0.327 e. The zero-order valence-corrected chi connectivity index (χ0v) is 14.7. The highest BCUT2D eigenvalue weighted by Gasteiger charge is 2.19. The molecule has 0 spiro atoms. The Bertz CT molecular complexity index is 827. The van der Waals surface area contributed by atoms with Gasteiger partial charge in [0.15, 0.2) is 5.69 Å². The number of hydrogen-bond acceptors (Lipinski definition) is 5. The zero-order chi connectivity index (χ0) is 16.9. The molecule has 0 fully saturated rings. The summed E-state index contributed by atoms with van der Waals surface area (Å²) >= 11 is 13.2. The number of nitrogens with zero attached hydrogens (tertiary/aromatic N) is 4. The maximum Gasteiger partial charge on any atom is 0.275 e. The molecule has 8 heteroatoms. The minimum Gasteiger partial charge on any atom is -0.327 e. The Kier molecular flexibility index (Phi) is 5.40. The number of rotatable bonds is 5. The highest BCUT2D eigenvalue weighted by Crippen LogP contribution is 2.24. The predicted molar refractivity (Wildman–Crippen MR) is 94.2 cm³/mol. The monoisotopic (exact) mass is 378 g/mol. The minimum atomic E-state index is -0.208. The van der Waals surface area contributed by atoms with Crippen LogP contribution >= 0.6 is 34.7 Å². The normalized spacial score (nSPS) is 10.6. The molecule has 24 heavy (non-hydrogen) atoms. The molecule has 1 aromatic carbocycles. The van der Waals surface area contributed by atoms with Gasteiger partial charge in [0.2, 0.25) is 0 Å². The number of halogens is 2. The molecule has 0 bridgehead atoms. The standard InChI is InChI=1S/C16H12Cl2N4OS/c17-13-5-4-11(7-14(13)18)8-22(9-12-3-1-2-6-19-12)16(23)15-10-24-21-20-15/h1-7,10H,8-9H2. The van der Waals surface area contributed by atoms with Crippen molar-refractivity contribution in [2.45, 2.75) is 13.1 Å². The van der Waals surface area contributed by atoms with E-state index in [0.29, 0.717) is 28.8 Å². The van der Waals surface area contributed by atoms with Crippen LogP contribution in [0.5, 0.6) is 0 Å². The number of carbonyl (C=O) groups excluding carboxylic acids is 1. The average Bonchev–Trinajstić information content (AvgIpc) is 3.12. The Morgan fingerprint density at radius 1 is 1.12 bits per heavy atom. The van der Waals surface area contributed by atoms with Crippen LogP contribution in [0.1, 0.15) is 21.7 Å². The van der Waals surface area contributed by atoms with E-state index < -0.39 is 0 Å². The molecular weight excluding hydrogens is 367 g/mol. The Hall–Kier alpha value is -2.02. The highest BCUT2D eigenvalue weighted by molar-refractivity contribution is 7.03. The van der Waals surface area contributed by atoms with Crippen molar-refractivity contribution < 1.29 is 4.79 Å². The predicted octanol–water partition coefficient (Wildman–Crippen LogP) is 4.08. The van der Waals surface area contributed by atoms with E-state index in [1.807, 2.05) is 24.3 Å². The Morgan fingerprint density at radius 2 is 2.00 bits per heavy atom. The second-order valence-corrected chi connectivity index (χ2v) is 6.45. The van der Waals surface area contributed by atoms with Crippen LogP contribution in [-0.4, -0.2) is 25.4 Å². The summed E-state index contributed by atoms with van der Waals surface area (Å²) < 4.78 is 3.76. The van der Waals surface area contributed by atoms with Crippen molar-refractivity contribution >= 4 is 40.6 Å². The maximum absolute atomic E-state index is 12.7. The van der Waals surface area contributed by atoms with E-state index in [-0.39, 0.29) is 5.91 Å². The molecule has 0 aliphatic carbocycles. The van der Waals surface area contributed by atoms with Gasteiger partial charge in [0.1, 0.15) is 0 Å². The lowest BCUT2D eigenvalue weighted by molar-refractivity contribution is 0.0722. The van der Waals surface area contributed by atoms with Gasteiger partial charge in [-0.25, -0.2) is 0 Å². The number of benzene rings is 1. The van der Waals surface area contributed by atoms with Gasteiger partial charge in [-0.15, -0.1) is 5.10 Å². The van der Waals surface area contributed by atoms with E-state index in [1.54, 1.807) is 28.6 Å². The lowest BCUT2D eigenvalue weighted by Gasteiger charge is -2.21. The first kappa shape index (κ1) is 16.8. The first-order valence-corrected chi connectivity index (χ1v) is 8.63. The van der Waals surface area contributed by atoms with Crippen LogP contribution in [0.2, 0.25) is 10.0 Å². The number of carbonyl (C=O) groups is 1. The van der Waals surface area contributed by atoms with Crippen LogP contribution in [0.25, 0.3) is 0 Å². The smallest absolute Gasteiger partial charge is 0.275 e. The first-order chi connectivity index (χ1) is 11.6. The van der Waals surface area contributed by atoms with Crippen molar-refractivity contribution in [2.75, 3.05) is 0 Å². The van der Waals surface area contributed by atoms with Crippen molar-refractivity contribution in [2.24, 2.45) is 0 Å². The van der Waals surface area contributed by atoms with Crippen LogP contribution in [-0.2, 0) is 13.1 Å². The van der Waals surface area contributed by atoms with Gasteiger partial charge in [0.25, 0.3) is 5.91 Å².